The normalized spacial score (nSPS) is 21.9. The molecule has 1 saturated carbocycles. The minimum atomic E-state index is -0.548. The van der Waals surface area contributed by atoms with Crippen LogP contribution in [-0.4, -0.2) is 39.2 Å². The van der Waals surface area contributed by atoms with E-state index in [2.05, 4.69) is 10.2 Å². The molecule has 1 aliphatic carbocycles. The van der Waals surface area contributed by atoms with Crippen LogP contribution in [0.3, 0.4) is 0 Å². The van der Waals surface area contributed by atoms with Crippen molar-refractivity contribution in [3.8, 4) is 0 Å². The standard InChI is InChI=1S/C18H22ClN3O2/c1-11(23)22-6-2-13(3-7-22)18(4-5-18)17(24)15-9-14(19)8-12-10-20-21-16(12)15/h8-10,13,17,24H,2-7H2,1H3,(H,20,21). The molecule has 1 atom stereocenters. The third-order valence-electron chi connectivity index (χ3n) is 5.96. The zero-order valence-electron chi connectivity index (χ0n) is 13.8. The minimum absolute atomic E-state index is 0.0778. The fourth-order valence-electron chi connectivity index (χ4n) is 4.39. The van der Waals surface area contributed by atoms with Gasteiger partial charge in [-0.3, -0.25) is 9.89 Å². The van der Waals surface area contributed by atoms with Gasteiger partial charge in [0.2, 0.25) is 5.91 Å². The summed E-state index contributed by atoms with van der Waals surface area (Å²) in [7, 11) is 0. The van der Waals surface area contributed by atoms with Crippen LogP contribution in [0.5, 0.6) is 0 Å². The molecular formula is C18H22ClN3O2. The Hall–Kier alpha value is -1.59. The Balaban J connectivity index is 1.61. The highest BCUT2D eigenvalue weighted by molar-refractivity contribution is 6.31. The molecule has 0 spiro atoms. The number of nitrogens with one attached hydrogen (secondary N) is 1. The monoisotopic (exact) mass is 347 g/mol. The van der Waals surface area contributed by atoms with E-state index >= 15 is 0 Å². The number of H-pyrrole nitrogens is 1. The molecule has 1 aromatic heterocycles. The molecule has 5 nitrogen and oxygen atoms in total. The molecule has 2 heterocycles. The zero-order chi connectivity index (χ0) is 16.9. The number of piperidine rings is 1. The molecule has 2 aliphatic rings. The maximum absolute atomic E-state index is 11.5. The highest BCUT2D eigenvalue weighted by Gasteiger charge is 2.55. The summed E-state index contributed by atoms with van der Waals surface area (Å²) >= 11 is 6.24. The average Bonchev–Trinajstić information content (AvgIpc) is 3.25. The summed E-state index contributed by atoms with van der Waals surface area (Å²) in [6.45, 7) is 3.22. The number of fused-ring (bicyclic) bond motifs is 1. The highest BCUT2D eigenvalue weighted by atomic mass is 35.5. The summed E-state index contributed by atoms with van der Waals surface area (Å²) in [4.78, 5) is 13.4. The van der Waals surface area contributed by atoms with E-state index in [9.17, 15) is 9.90 Å². The van der Waals surface area contributed by atoms with E-state index in [4.69, 9.17) is 11.6 Å². The molecule has 1 amide bonds. The number of carbonyl (C=O) groups excluding carboxylic acids is 1. The largest absolute Gasteiger partial charge is 0.388 e. The van der Waals surface area contributed by atoms with Gasteiger partial charge in [-0.15, -0.1) is 0 Å². The number of halogens is 1. The van der Waals surface area contributed by atoms with Gasteiger partial charge in [0, 0.05) is 41.4 Å². The first kappa shape index (κ1) is 15.9. The van der Waals surface area contributed by atoms with Crippen LogP contribution in [0.25, 0.3) is 10.9 Å². The van der Waals surface area contributed by atoms with Crippen LogP contribution in [0, 0.1) is 11.3 Å². The minimum Gasteiger partial charge on any atom is -0.388 e. The Morgan fingerprint density at radius 3 is 2.75 bits per heavy atom. The number of nitrogens with zero attached hydrogens (tertiary/aromatic N) is 2. The number of rotatable bonds is 3. The van der Waals surface area contributed by atoms with Crippen LogP contribution < -0.4 is 0 Å². The fraction of sp³-hybridized carbons (Fsp3) is 0.556. The van der Waals surface area contributed by atoms with Gasteiger partial charge in [0.25, 0.3) is 0 Å². The van der Waals surface area contributed by atoms with Crippen molar-refractivity contribution in [3.63, 3.8) is 0 Å². The van der Waals surface area contributed by atoms with E-state index in [0.717, 1.165) is 55.2 Å². The number of benzene rings is 1. The number of hydrogen-bond donors (Lipinski definition) is 2. The zero-order valence-corrected chi connectivity index (χ0v) is 14.5. The number of aliphatic hydroxyl groups is 1. The van der Waals surface area contributed by atoms with Crippen molar-refractivity contribution in [2.75, 3.05) is 13.1 Å². The second-order valence-electron chi connectivity index (χ2n) is 7.25. The summed E-state index contributed by atoms with van der Waals surface area (Å²) < 4.78 is 0. The Bertz CT molecular complexity index is 776. The number of aromatic nitrogens is 2. The van der Waals surface area contributed by atoms with Gasteiger partial charge in [-0.2, -0.15) is 5.10 Å². The van der Waals surface area contributed by atoms with Crippen LogP contribution in [0.15, 0.2) is 18.3 Å². The maximum Gasteiger partial charge on any atom is 0.219 e. The van der Waals surface area contributed by atoms with Crippen molar-refractivity contribution in [2.45, 2.75) is 38.7 Å². The quantitative estimate of drug-likeness (QED) is 0.895. The number of hydrogen-bond acceptors (Lipinski definition) is 3. The predicted molar refractivity (Wildman–Crippen MR) is 92.7 cm³/mol. The first-order chi connectivity index (χ1) is 11.5. The van der Waals surface area contributed by atoms with Gasteiger partial charge >= 0.3 is 0 Å². The van der Waals surface area contributed by atoms with Crippen LogP contribution >= 0.6 is 11.6 Å². The maximum atomic E-state index is 11.5. The van der Waals surface area contributed by atoms with E-state index in [1.54, 1.807) is 13.1 Å². The lowest BCUT2D eigenvalue weighted by molar-refractivity contribution is -0.130. The summed E-state index contributed by atoms with van der Waals surface area (Å²) in [5.74, 6) is 0.591. The molecule has 0 bridgehead atoms. The molecule has 24 heavy (non-hydrogen) atoms. The number of amides is 1. The Labute approximate surface area is 146 Å². The van der Waals surface area contributed by atoms with E-state index in [1.807, 2.05) is 17.0 Å². The second kappa shape index (κ2) is 5.74. The van der Waals surface area contributed by atoms with Gasteiger partial charge in [0.1, 0.15) is 0 Å². The highest BCUT2D eigenvalue weighted by Crippen LogP contribution is 2.63. The Kier molecular flexibility index (Phi) is 3.81. The summed E-state index contributed by atoms with van der Waals surface area (Å²) in [5.41, 5.74) is 1.65. The molecule has 1 aliphatic heterocycles. The van der Waals surface area contributed by atoms with Crippen LogP contribution in [-0.2, 0) is 4.79 Å². The first-order valence-electron chi connectivity index (χ1n) is 8.57. The van der Waals surface area contributed by atoms with Crippen molar-refractivity contribution < 1.29 is 9.90 Å². The average molecular weight is 348 g/mol. The van der Waals surface area contributed by atoms with Gasteiger partial charge in [-0.25, -0.2) is 0 Å². The van der Waals surface area contributed by atoms with Crippen LogP contribution in [0.1, 0.15) is 44.3 Å². The van der Waals surface area contributed by atoms with Gasteiger partial charge in [-0.1, -0.05) is 11.6 Å². The third kappa shape index (κ3) is 2.50. The fourth-order valence-corrected chi connectivity index (χ4v) is 4.63. The van der Waals surface area contributed by atoms with Gasteiger partial charge in [-0.05, 0) is 43.7 Å². The lowest BCUT2D eigenvalue weighted by atomic mass is 9.75. The molecular weight excluding hydrogens is 326 g/mol. The smallest absolute Gasteiger partial charge is 0.219 e. The predicted octanol–water partition coefficient (Wildman–Crippen LogP) is 3.29. The van der Waals surface area contributed by atoms with Gasteiger partial charge in [0.15, 0.2) is 0 Å². The topological polar surface area (TPSA) is 69.2 Å². The molecule has 1 aromatic carbocycles. The molecule has 2 fully saturated rings. The molecule has 128 valence electrons. The van der Waals surface area contributed by atoms with Crippen LogP contribution in [0.4, 0.5) is 0 Å². The number of carbonyl (C=O) groups is 1. The van der Waals surface area contributed by atoms with Gasteiger partial charge in [0.05, 0.1) is 17.8 Å². The molecule has 1 saturated heterocycles. The lowest BCUT2D eigenvalue weighted by Gasteiger charge is -2.38. The van der Waals surface area contributed by atoms with E-state index in [0.29, 0.717) is 10.9 Å². The van der Waals surface area contributed by atoms with Crippen molar-refractivity contribution in [1.29, 1.82) is 0 Å². The van der Waals surface area contributed by atoms with E-state index in [-0.39, 0.29) is 11.3 Å². The second-order valence-corrected chi connectivity index (χ2v) is 7.68. The summed E-state index contributed by atoms with van der Waals surface area (Å²) in [6, 6.07) is 3.72. The number of aromatic amines is 1. The Morgan fingerprint density at radius 1 is 1.42 bits per heavy atom. The van der Waals surface area contributed by atoms with E-state index in [1.165, 1.54) is 0 Å². The van der Waals surface area contributed by atoms with E-state index < -0.39 is 6.10 Å². The molecule has 6 heteroatoms. The third-order valence-corrected chi connectivity index (χ3v) is 6.18. The molecule has 2 N–H and O–H groups in total. The lowest BCUT2D eigenvalue weighted by Crippen LogP contribution is -2.40. The van der Waals surface area contributed by atoms with Crippen molar-refractivity contribution >= 4 is 28.4 Å². The molecule has 0 radical (unpaired) electrons. The first-order valence-corrected chi connectivity index (χ1v) is 8.95. The summed E-state index contributed by atoms with van der Waals surface area (Å²) in [6.07, 6.45) is 5.17. The molecule has 1 unspecified atom stereocenters. The van der Waals surface area contributed by atoms with Gasteiger partial charge < -0.3 is 10.0 Å². The molecule has 4 rings (SSSR count). The Morgan fingerprint density at radius 2 is 2.12 bits per heavy atom. The number of likely N-dealkylation sites (tertiary alicyclic amines) is 1. The van der Waals surface area contributed by atoms with Crippen molar-refractivity contribution in [3.05, 3.63) is 28.9 Å². The van der Waals surface area contributed by atoms with Crippen molar-refractivity contribution in [1.82, 2.24) is 15.1 Å². The van der Waals surface area contributed by atoms with Crippen molar-refractivity contribution in [2.24, 2.45) is 11.3 Å². The SMILES string of the molecule is CC(=O)N1CCC(C2(C(O)c3cc(Cl)cc4cn[nH]c34)CC2)CC1. The van der Waals surface area contributed by atoms with Crippen LogP contribution in [0.2, 0.25) is 5.02 Å². The summed E-state index contributed by atoms with van der Waals surface area (Å²) in [5, 5.41) is 19.8. The molecule has 2 aromatic rings. The number of aliphatic hydroxyl groups excluding tert-OH is 1.